The number of carboxylic acids is 1. The number of hydrogen-bond donors (Lipinski definition) is 2. The Kier molecular flexibility index (Phi) is 5.08. The van der Waals surface area contributed by atoms with Crippen molar-refractivity contribution in [2.45, 2.75) is 32.1 Å². The Hall–Kier alpha value is -1.30. The molecule has 6 nitrogen and oxygen atoms in total. The molecular formula is C15H27N3O3. The van der Waals surface area contributed by atoms with E-state index >= 15 is 0 Å². The van der Waals surface area contributed by atoms with Gasteiger partial charge in [0.15, 0.2) is 0 Å². The van der Waals surface area contributed by atoms with Gasteiger partial charge in [0.25, 0.3) is 0 Å². The Labute approximate surface area is 126 Å². The molecule has 0 aromatic rings. The summed E-state index contributed by atoms with van der Waals surface area (Å²) in [7, 11) is 4.14. The first-order chi connectivity index (χ1) is 9.93. The molecule has 1 saturated heterocycles. The number of hydrogen-bond acceptors (Lipinski definition) is 3. The van der Waals surface area contributed by atoms with Gasteiger partial charge in [0.1, 0.15) is 0 Å². The molecular weight excluding hydrogens is 270 g/mol. The van der Waals surface area contributed by atoms with Gasteiger partial charge in [0, 0.05) is 26.2 Å². The fourth-order valence-electron chi connectivity index (χ4n) is 3.26. The van der Waals surface area contributed by atoms with Crippen LogP contribution in [0.2, 0.25) is 0 Å². The van der Waals surface area contributed by atoms with Gasteiger partial charge in [-0.3, -0.25) is 4.79 Å². The van der Waals surface area contributed by atoms with Gasteiger partial charge in [-0.2, -0.15) is 0 Å². The van der Waals surface area contributed by atoms with Gasteiger partial charge in [-0.1, -0.05) is 6.42 Å². The van der Waals surface area contributed by atoms with Crippen LogP contribution < -0.4 is 5.32 Å². The lowest BCUT2D eigenvalue weighted by Crippen LogP contribution is -2.52. The van der Waals surface area contributed by atoms with Crippen molar-refractivity contribution in [3.05, 3.63) is 0 Å². The molecule has 0 unspecified atom stereocenters. The predicted octanol–water partition coefficient (Wildman–Crippen LogP) is 1.22. The lowest BCUT2D eigenvalue weighted by molar-refractivity contribution is -0.153. The molecule has 1 aliphatic carbocycles. The molecule has 21 heavy (non-hydrogen) atoms. The quantitative estimate of drug-likeness (QED) is 0.800. The van der Waals surface area contributed by atoms with Gasteiger partial charge in [-0.05, 0) is 45.7 Å². The molecule has 2 aliphatic rings. The summed E-state index contributed by atoms with van der Waals surface area (Å²) in [5.74, 6) is -0.125. The highest BCUT2D eigenvalue weighted by Crippen LogP contribution is 2.40. The van der Waals surface area contributed by atoms with E-state index in [0.717, 1.165) is 38.9 Å². The third-order valence-corrected chi connectivity index (χ3v) is 4.87. The molecule has 6 heteroatoms. The SMILES string of the molecule is CN(C)CC1CCN(C(=O)NCC2(C(=O)O)CCC2)CC1. The van der Waals surface area contributed by atoms with Gasteiger partial charge in [0.2, 0.25) is 0 Å². The number of urea groups is 1. The first-order valence-electron chi connectivity index (χ1n) is 7.84. The smallest absolute Gasteiger partial charge is 0.317 e. The minimum Gasteiger partial charge on any atom is -0.481 e. The van der Waals surface area contributed by atoms with Gasteiger partial charge < -0.3 is 20.2 Å². The third-order valence-electron chi connectivity index (χ3n) is 4.87. The number of aliphatic carboxylic acids is 1. The maximum atomic E-state index is 12.1. The van der Waals surface area contributed by atoms with Crippen LogP contribution in [0, 0.1) is 11.3 Å². The van der Waals surface area contributed by atoms with Crippen molar-refractivity contribution >= 4 is 12.0 Å². The van der Waals surface area contributed by atoms with Crippen molar-refractivity contribution in [1.82, 2.24) is 15.1 Å². The van der Waals surface area contributed by atoms with Crippen LogP contribution in [0.3, 0.4) is 0 Å². The lowest BCUT2D eigenvalue weighted by Gasteiger charge is -2.39. The molecule has 2 N–H and O–H groups in total. The second-order valence-corrected chi connectivity index (χ2v) is 6.79. The monoisotopic (exact) mass is 297 g/mol. The minimum absolute atomic E-state index is 0.106. The van der Waals surface area contributed by atoms with Crippen LogP contribution in [0.4, 0.5) is 4.79 Å². The van der Waals surface area contributed by atoms with E-state index in [1.165, 1.54) is 0 Å². The number of nitrogens with zero attached hydrogens (tertiary/aromatic N) is 2. The van der Waals surface area contributed by atoms with Gasteiger partial charge in [0.05, 0.1) is 5.41 Å². The van der Waals surface area contributed by atoms with Crippen molar-refractivity contribution in [3.63, 3.8) is 0 Å². The van der Waals surface area contributed by atoms with Crippen LogP contribution in [0.25, 0.3) is 0 Å². The number of rotatable bonds is 5. The highest BCUT2D eigenvalue weighted by Gasteiger charge is 2.44. The average Bonchev–Trinajstić information content (AvgIpc) is 2.37. The van der Waals surface area contributed by atoms with Gasteiger partial charge >= 0.3 is 12.0 Å². The number of carbonyl (C=O) groups excluding carboxylic acids is 1. The maximum Gasteiger partial charge on any atom is 0.317 e. The van der Waals surface area contributed by atoms with E-state index in [9.17, 15) is 14.7 Å². The summed E-state index contributed by atoms with van der Waals surface area (Å²) in [5.41, 5.74) is -0.709. The molecule has 1 saturated carbocycles. The summed E-state index contributed by atoms with van der Waals surface area (Å²) in [5, 5.41) is 12.1. The molecule has 2 amide bonds. The fourth-order valence-corrected chi connectivity index (χ4v) is 3.26. The van der Waals surface area contributed by atoms with Crippen molar-refractivity contribution in [2.24, 2.45) is 11.3 Å². The van der Waals surface area contributed by atoms with E-state index in [1.54, 1.807) is 0 Å². The molecule has 2 rings (SSSR count). The highest BCUT2D eigenvalue weighted by atomic mass is 16.4. The van der Waals surface area contributed by atoms with E-state index in [0.29, 0.717) is 18.8 Å². The Morgan fingerprint density at radius 1 is 1.29 bits per heavy atom. The second kappa shape index (κ2) is 6.64. The summed E-state index contributed by atoms with van der Waals surface area (Å²) >= 11 is 0. The topological polar surface area (TPSA) is 72.9 Å². The first kappa shape index (κ1) is 16.1. The molecule has 2 fully saturated rings. The zero-order chi connectivity index (χ0) is 15.5. The predicted molar refractivity (Wildman–Crippen MR) is 80.2 cm³/mol. The van der Waals surface area contributed by atoms with Crippen molar-refractivity contribution in [2.75, 3.05) is 40.3 Å². The first-order valence-corrected chi connectivity index (χ1v) is 7.84. The molecule has 0 aromatic carbocycles. The van der Waals surface area contributed by atoms with Crippen LogP contribution in [0.5, 0.6) is 0 Å². The standard InChI is InChI=1S/C15H27N3O3/c1-17(2)10-12-4-8-18(9-5-12)14(21)16-11-15(13(19)20)6-3-7-15/h12H,3-11H2,1-2H3,(H,16,21)(H,19,20). The Bertz CT molecular complexity index is 386. The van der Waals surface area contributed by atoms with Crippen LogP contribution in [-0.2, 0) is 4.79 Å². The zero-order valence-electron chi connectivity index (χ0n) is 13.1. The summed E-state index contributed by atoms with van der Waals surface area (Å²) in [6.45, 7) is 2.87. The number of carboxylic acid groups (broad SMARTS) is 1. The molecule has 0 atom stereocenters. The van der Waals surface area contributed by atoms with E-state index in [2.05, 4.69) is 24.3 Å². The molecule has 0 bridgehead atoms. The summed E-state index contributed by atoms with van der Waals surface area (Å²) < 4.78 is 0. The van der Waals surface area contributed by atoms with Crippen molar-refractivity contribution in [3.8, 4) is 0 Å². The zero-order valence-corrected chi connectivity index (χ0v) is 13.1. The Morgan fingerprint density at radius 2 is 1.90 bits per heavy atom. The highest BCUT2D eigenvalue weighted by molar-refractivity contribution is 5.79. The average molecular weight is 297 g/mol. The molecule has 0 radical (unpaired) electrons. The molecule has 1 aliphatic heterocycles. The Morgan fingerprint density at radius 3 is 2.33 bits per heavy atom. The minimum atomic E-state index is -0.779. The van der Waals surface area contributed by atoms with E-state index < -0.39 is 11.4 Å². The van der Waals surface area contributed by atoms with Crippen LogP contribution in [0.1, 0.15) is 32.1 Å². The summed E-state index contributed by atoms with van der Waals surface area (Å²) in [6.07, 6.45) is 4.34. The molecule has 0 aromatic heterocycles. The molecule has 0 spiro atoms. The molecule has 120 valence electrons. The van der Waals surface area contributed by atoms with E-state index in [1.807, 2.05) is 4.90 Å². The number of nitrogens with one attached hydrogen (secondary N) is 1. The number of likely N-dealkylation sites (tertiary alicyclic amines) is 1. The third kappa shape index (κ3) is 3.87. The summed E-state index contributed by atoms with van der Waals surface area (Å²) in [6, 6.07) is -0.106. The van der Waals surface area contributed by atoms with E-state index in [-0.39, 0.29) is 12.6 Å². The van der Waals surface area contributed by atoms with Crippen LogP contribution in [-0.4, -0.2) is 67.2 Å². The van der Waals surface area contributed by atoms with Gasteiger partial charge in [-0.15, -0.1) is 0 Å². The number of amides is 2. The van der Waals surface area contributed by atoms with Crippen LogP contribution >= 0.6 is 0 Å². The van der Waals surface area contributed by atoms with Gasteiger partial charge in [-0.25, -0.2) is 4.79 Å². The number of piperidine rings is 1. The van der Waals surface area contributed by atoms with Crippen LogP contribution in [0.15, 0.2) is 0 Å². The summed E-state index contributed by atoms with van der Waals surface area (Å²) in [4.78, 5) is 27.4. The van der Waals surface area contributed by atoms with Crippen molar-refractivity contribution < 1.29 is 14.7 Å². The second-order valence-electron chi connectivity index (χ2n) is 6.79. The Balaban J connectivity index is 1.74. The number of carbonyl (C=O) groups is 2. The van der Waals surface area contributed by atoms with E-state index in [4.69, 9.17) is 0 Å². The largest absolute Gasteiger partial charge is 0.481 e. The molecule has 1 heterocycles. The lowest BCUT2D eigenvalue weighted by atomic mass is 9.69. The van der Waals surface area contributed by atoms with Crippen molar-refractivity contribution in [1.29, 1.82) is 0 Å². The maximum absolute atomic E-state index is 12.1. The fraction of sp³-hybridized carbons (Fsp3) is 0.867. The normalized spacial score (nSPS) is 22.0.